The highest BCUT2D eigenvalue weighted by Gasteiger charge is 2.12. The number of halogens is 1. The number of Topliss-reactive ketones (excluding diaryl/α,β-unsaturated/α-hetero) is 1. The van der Waals surface area contributed by atoms with Gasteiger partial charge in [-0.1, -0.05) is 0 Å². The molecule has 0 heterocycles. The maximum absolute atomic E-state index is 12.6. The molecule has 1 aromatic carbocycles. The van der Waals surface area contributed by atoms with Crippen molar-refractivity contribution in [2.75, 3.05) is 7.11 Å². The van der Waals surface area contributed by atoms with Gasteiger partial charge in [-0.05, 0) is 31.2 Å². The zero-order chi connectivity index (χ0) is 9.84. The number of rotatable bonds is 3. The molecule has 0 spiro atoms. The van der Waals surface area contributed by atoms with Gasteiger partial charge in [-0.2, -0.15) is 0 Å². The Morgan fingerprint density at radius 1 is 1.38 bits per heavy atom. The van der Waals surface area contributed by atoms with E-state index < -0.39 is 12.0 Å². The number of ketones is 1. The summed E-state index contributed by atoms with van der Waals surface area (Å²) in [6, 6.07) is 6.37. The number of hydrogen-bond donors (Lipinski definition) is 0. The van der Waals surface area contributed by atoms with Crippen LogP contribution in [0.5, 0.6) is 5.75 Å². The maximum Gasteiger partial charge on any atom is 0.196 e. The van der Waals surface area contributed by atoms with E-state index in [1.165, 1.54) is 14.0 Å². The molecule has 1 rings (SSSR count). The van der Waals surface area contributed by atoms with Crippen LogP contribution >= 0.6 is 0 Å². The first kappa shape index (κ1) is 9.71. The lowest BCUT2D eigenvalue weighted by atomic mass is 10.1. The van der Waals surface area contributed by atoms with Crippen molar-refractivity contribution in [3.05, 3.63) is 29.8 Å². The first-order chi connectivity index (χ1) is 6.15. The molecule has 0 aliphatic heterocycles. The van der Waals surface area contributed by atoms with Crippen LogP contribution in [0.25, 0.3) is 0 Å². The van der Waals surface area contributed by atoms with Crippen LogP contribution < -0.4 is 4.74 Å². The van der Waals surface area contributed by atoms with Crippen LogP contribution in [0.2, 0.25) is 0 Å². The summed E-state index contributed by atoms with van der Waals surface area (Å²) in [6.45, 7) is 1.23. The lowest BCUT2D eigenvalue weighted by molar-refractivity contribution is 0.0893. The Balaban J connectivity index is 2.86. The quantitative estimate of drug-likeness (QED) is 0.670. The summed E-state index contributed by atoms with van der Waals surface area (Å²) in [5, 5.41) is 0. The minimum Gasteiger partial charge on any atom is -0.497 e. The Hall–Kier alpha value is -1.38. The normalized spacial score (nSPS) is 12.2. The molecule has 0 saturated carbocycles. The number of hydrogen-bond acceptors (Lipinski definition) is 2. The highest BCUT2D eigenvalue weighted by Crippen LogP contribution is 2.13. The first-order valence-corrected chi connectivity index (χ1v) is 3.97. The van der Waals surface area contributed by atoms with Crippen LogP contribution in [-0.4, -0.2) is 19.1 Å². The molecule has 13 heavy (non-hydrogen) atoms. The SMILES string of the molecule is COc1ccc(C(=O)[C@H](C)F)cc1. The average molecular weight is 182 g/mol. The van der Waals surface area contributed by atoms with Crippen LogP contribution in [0, 0.1) is 0 Å². The summed E-state index contributed by atoms with van der Waals surface area (Å²) in [5.74, 6) is 0.158. The van der Waals surface area contributed by atoms with Crippen molar-refractivity contribution in [1.82, 2.24) is 0 Å². The van der Waals surface area contributed by atoms with Gasteiger partial charge in [0.1, 0.15) is 5.75 Å². The Labute approximate surface area is 76.3 Å². The van der Waals surface area contributed by atoms with Crippen molar-refractivity contribution in [1.29, 1.82) is 0 Å². The Morgan fingerprint density at radius 2 is 1.92 bits per heavy atom. The molecule has 3 heteroatoms. The van der Waals surface area contributed by atoms with Gasteiger partial charge in [-0.25, -0.2) is 4.39 Å². The monoisotopic (exact) mass is 182 g/mol. The largest absolute Gasteiger partial charge is 0.497 e. The number of ether oxygens (including phenoxy) is 1. The maximum atomic E-state index is 12.6. The third-order valence-corrected chi connectivity index (χ3v) is 1.74. The highest BCUT2D eigenvalue weighted by molar-refractivity contribution is 5.99. The second-order valence-corrected chi connectivity index (χ2v) is 2.71. The molecule has 0 N–H and O–H groups in total. The molecule has 0 amide bonds. The standard InChI is InChI=1S/C10H11FO2/c1-7(11)10(12)8-3-5-9(13-2)6-4-8/h3-7H,1-2H3/t7-/m0/s1. The van der Waals surface area contributed by atoms with Gasteiger partial charge in [0.25, 0.3) is 0 Å². The van der Waals surface area contributed by atoms with E-state index in [1.54, 1.807) is 24.3 Å². The third-order valence-electron chi connectivity index (χ3n) is 1.74. The van der Waals surface area contributed by atoms with Crippen molar-refractivity contribution in [2.24, 2.45) is 0 Å². The molecular weight excluding hydrogens is 171 g/mol. The van der Waals surface area contributed by atoms with E-state index in [-0.39, 0.29) is 0 Å². The van der Waals surface area contributed by atoms with Crippen molar-refractivity contribution in [3.63, 3.8) is 0 Å². The minimum absolute atomic E-state index is 0.371. The van der Waals surface area contributed by atoms with Gasteiger partial charge in [-0.3, -0.25) is 4.79 Å². The molecule has 0 aliphatic rings. The predicted molar refractivity (Wildman–Crippen MR) is 47.9 cm³/mol. The lowest BCUT2D eigenvalue weighted by Crippen LogP contribution is -2.11. The smallest absolute Gasteiger partial charge is 0.196 e. The van der Waals surface area contributed by atoms with E-state index in [1.807, 2.05) is 0 Å². The van der Waals surface area contributed by atoms with Crippen LogP contribution in [0.4, 0.5) is 4.39 Å². The van der Waals surface area contributed by atoms with Crippen LogP contribution in [-0.2, 0) is 0 Å². The van der Waals surface area contributed by atoms with Crippen LogP contribution in [0.3, 0.4) is 0 Å². The molecule has 2 nitrogen and oxygen atoms in total. The highest BCUT2D eigenvalue weighted by atomic mass is 19.1. The Morgan fingerprint density at radius 3 is 2.31 bits per heavy atom. The van der Waals surface area contributed by atoms with E-state index in [0.717, 1.165) is 0 Å². The summed E-state index contributed by atoms with van der Waals surface area (Å²) >= 11 is 0. The van der Waals surface area contributed by atoms with E-state index in [4.69, 9.17) is 4.74 Å². The first-order valence-electron chi connectivity index (χ1n) is 3.97. The summed E-state index contributed by atoms with van der Waals surface area (Å²) < 4.78 is 17.5. The molecule has 0 bridgehead atoms. The van der Waals surface area contributed by atoms with Gasteiger partial charge in [0.15, 0.2) is 12.0 Å². The zero-order valence-corrected chi connectivity index (χ0v) is 7.58. The van der Waals surface area contributed by atoms with Gasteiger partial charge >= 0.3 is 0 Å². The fourth-order valence-corrected chi connectivity index (χ4v) is 0.985. The molecule has 0 fully saturated rings. The van der Waals surface area contributed by atoms with Gasteiger partial charge in [0.05, 0.1) is 7.11 Å². The molecule has 0 aromatic heterocycles. The molecule has 0 radical (unpaired) electrons. The molecule has 0 saturated heterocycles. The van der Waals surface area contributed by atoms with Crippen LogP contribution in [0.15, 0.2) is 24.3 Å². The van der Waals surface area contributed by atoms with Crippen molar-refractivity contribution < 1.29 is 13.9 Å². The molecular formula is C10H11FO2. The van der Waals surface area contributed by atoms with Crippen molar-refractivity contribution in [3.8, 4) is 5.75 Å². The van der Waals surface area contributed by atoms with Crippen molar-refractivity contribution in [2.45, 2.75) is 13.1 Å². The number of carbonyl (C=O) groups is 1. The second-order valence-electron chi connectivity index (χ2n) is 2.71. The topological polar surface area (TPSA) is 26.3 Å². The van der Waals surface area contributed by atoms with E-state index in [0.29, 0.717) is 11.3 Å². The average Bonchev–Trinajstić information content (AvgIpc) is 2.17. The van der Waals surface area contributed by atoms with Crippen LogP contribution in [0.1, 0.15) is 17.3 Å². The van der Waals surface area contributed by atoms with Gasteiger partial charge in [0, 0.05) is 5.56 Å². The summed E-state index contributed by atoms with van der Waals surface area (Å²) in [7, 11) is 1.54. The number of carbonyl (C=O) groups excluding carboxylic acids is 1. The Bertz CT molecular complexity index is 290. The van der Waals surface area contributed by atoms with E-state index in [2.05, 4.69) is 0 Å². The molecule has 0 unspecified atom stereocenters. The number of alkyl halides is 1. The third kappa shape index (κ3) is 2.28. The second kappa shape index (κ2) is 4.03. The Kier molecular flexibility index (Phi) is 3.01. The zero-order valence-electron chi connectivity index (χ0n) is 7.58. The fraction of sp³-hybridized carbons (Fsp3) is 0.300. The predicted octanol–water partition coefficient (Wildman–Crippen LogP) is 2.24. The molecule has 0 aliphatic carbocycles. The molecule has 1 aromatic rings. The minimum atomic E-state index is -1.45. The summed E-state index contributed by atoms with van der Waals surface area (Å²) in [4.78, 5) is 11.1. The van der Waals surface area contributed by atoms with E-state index in [9.17, 15) is 9.18 Å². The number of benzene rings is 1. The summed E-state index contributed by atoms with van der Waals surface area (Å²) in [5.41, 5.74) is 0.371. The van der Waals surface area contributed by atoms with Crippen molar-refractivity contribution >= 4 is 5.78 Å². The van der Waals surface area contributed by atoms with Gasteiger partial charge in [-0.15, -0.1) is 0 Å². The summed E-state index contributed by atoms with van der Waals surface area (Å²) in [6.07, 6.45) is -1.45. The molecule has 1 atom stereocenters. The fourth-order valence-electron chi connectivity index (χ4n) is 0.985. The molecule has 70 valence electrons. The number of methoxy groups -OCH3 is 1. The van der Waals surface area contributed by atoms with E-state index >= 15 is 0 Å². The lowest BCUT2D eigenvalue weighted by Gasteiger charge is -2.02. The van der Waals surface area contributed by atoms with Gasteiger partial charge < -0.3 is 4.74 Å². The van der Waals surface area contributed by atoms with Gasteiger partial charge in [0.2, 0.25) is 0 Å².